The van der Waals surface area contributed by atoms with Crippen molar-refractivity contribution in [2.24, 2.45) is 5.73 Å². The average molecular weight is 245 g/mol. The second-order valence-electron chi connectivity index (χ2n) is 6.30. The molecule has 2 N–H and O–H groups in total. The van der Waals surface area contributed by atoms with Gasteiger partial charge in [0.25, 0.3) is 0 Å². The molecule has 0 radical (unpaired) electrons. The van der Waals surface area contributed by atoms with Crippen LogP contribution in [0.4, 0.5) is 0 Å². The largest absolute Gasteiger partial charge is 0.412 e. The third kappa shape index (κ3) is 3.55. The zero-order valence-electron chi connectivity index (χ0n) is 11.4. The van der Waals surface area contributed by atoms with E-state index < -0.39 is 8.32 Å². The molecule has 0 saturated carbocycles. The van der Waals surface area contributed by atoms with Crippen molar-refractivity contribution in [3.8, 4) is 0 Å². The fraction of sp³-hybridized carbons (Fsp3) is 1.00. The van der Waals surface area contributed by atoms with E-state index in [1.54, 1.807) is 0 Å². The minimum absolute atomic E-state index is 0.0385. The van der Waals surface area contributed by atoms with Crippen LogP contribution in [-0.2, 0) is 9.16 Å². The third-order valence-corrected chi connectivity index (χ3v) is 8.32. The smallest absolute Gasteiger partial charge is 0.192 e. The van der Waals surface area contributed by atoms with E-state index in [4.69, 9.17) is 14.9 Å². The molecular formula is C12H27NO2Si. The van der Waals surface area contributed by atoms with Gasteiger partial charge in [0.05, 0.1) is 18.8 Å². The summed E-state index contributed by atoms with van der Waals surface area (Å²) < 4.78 is 11.8. The molecule has 1 heterocycles. The van der Waals surface area contributed by atoms with Gasteiger partial charge in [-0.15, -0.1) is 0 Å². The van der Waals surface area contributed by atoms with E-state index in [2.05, 4.69) is 33.9 Å². The second-order valence-corrected chi connectivity index (χ2v) is 11.1. The van der Waals surface area contributed by atoms with Crippen LogP contribution in [-0.4, -0.2) is 33.7 Å². The molecule has 0 spiro atoms. The first-order chi connectivity index (χ1) is 7.24. The van der Waals surface area contributed by atoms with Crippen molar-refractivity contribution in [2.75, 3.05) is 13.2 Å². The SMILES string of the molecule is CC(C)(C)[Si](C)(C)O[C@@H]1CCCOC[C@H]1N. The summed E-state index contributed by atoms with van der Waals surface area (Å²) in [5.74, 6) is 0. The molecule has 1 aliphatic heterocycles. The average Bonchev–Trinajstić information content (AvgIpc) is 2.30. The van der Waals surface area contributed by atoms with E-state index in [1.165, 1.54) is 0 Å². The lowest BCUT2D eigenvalue weighted by Crippen LogP contribution is -2.49. The maximum atomic E-state index is 6.37. The van der Waals surface area contributed by atoms with Crippen LogP contribution in [0, 0.1) is 0 Å². The Morgan fingerprint density at radius 2 is 1.94 bits per heavy atom. The maximum absolute atomic E-state index is 6.37. The number of hydrogen-bond donors (Lipinski definition) is 1. The minimum atomic E-state index is -1.69. The topological polar surface area (TPSA) is 44.5 Å². The molecule has 4 heteroatoms. The van der Waals surface area contributed by atoms with Crippen LogP contribution >= 0.6 is 0 Å². The second kappa shape index (κ2) is 5.17. The monoisotopic (exact) mass is 245 g/mol. The molecule has 1 rings (SSSR count). The molecule has 0 amide bonds. The van der Waals surface area contributed by atoms with Crippen LogP contribution in [0.5, 0.6) is 0 Å². The highest BCUT2D eigenvalue weighted by Crippen LogP contribution is 2.38. The quantitative estimate of drug-likeness (QED) is 0.760. The Bertz CT molecular complexity index is 226. The summed E-state index contributed by atoms with van der Waals surface area (Å²) in [5.41, 5.74) is 6.10. The number of nitrogens with two attached hydrogens (primary N) is 1. The summed E-state index contributed by atoms with van der Waals surface area (Å²) in [5, 5.41) is 0.250. The van der Waals surface area contributed by atoms with Gasteiger partial charge < -0.3 is 14.9 Å². The number of hydrogen-bond acceptors (Lipinski definition) is 3. The predicted molar refractivity (Wildman–Crippen MR) is 70.1 cm³/mol. The van der Waals surface area contributed by atoms with E-state index >= 15 is 0 Å². The molecule has 0 aromatic rings. The highest BCUT2D eigenvalue weighted by atomic mass is 28.4. The predicted octanol–water partition coefficient (Wildman–Crippen LogP) is 2.51. The first-order valence-corrected chi connectivity index (χ1v) is 9.16. The molecule has 96 valence electrons. The van der Waals surface area contributed by atoms with Gasteiger partial charge in [-0.2, -0.15) is 0 Å². The summed E-state index contributed by atoms with van der Waals surface area (Å²) >= 11 is 0. The van der Waals surface area contributed by atoms with Crippen LogP contribution < -0.4 is 5.73 Å². The molecule has 0 aromatic heterocycles. The van der Waals surface area contributed by atoms with E-state index in [9.17, 15) is 0 Å². The molecule has 0 aliphatic carbocycles. The first kappa shape index (κ1) is 14.2. The van der Waals surface area contributed by atoms with Gasteiger partial charge >= 0.3 is 0 Å². The Morgan fingerprint density at radius 3 is 2.50 bits per heavy atom. The zero-order valence-corrected chi connectivity index (χ0v) is 12.4. The van der Waals surface area contributed by atoms with Crippen molar-refractivity contribution in [1.29, 1.82) is 0 Å². The van der Waals surface area contributed by atoms with Gasteiger partial charge in [-0.3, -0.25) is 0 Å². The van der Waals surface area contributed by atoms with Crippen LogP contribution in [0.25, 0.3) is 0 Å². The first-order valence-electron chi connectivity index (χ1n) is 6.25. The molecule has 1 saturated heterocycles. The van der Waals surface area contributed by atoms with Crippen molar-refractivity contribution in [1.82, 2.24) is 0 Å². The van der Waals surface area contributed by atoms with Gasteiger partial charge in [0.15, 0.2) is 8.32 Å². The van der Waals surface area contributed by atoms with Crippen LogP contribution in [0.2, 0.25) is 18.1 Å². The van der Waals surface area contributed by atoms with Crippen molar-refractivity contribution in [3.05, 3.63) is 0 Å². The molecule has 3 nitrogen and oxygen atoms in total. The normalized spacial score (nSPS) is 28.9. The summed E-state index contributed by atoms with van der Waals surface area (Å²) in [6.45, 7) is 12.8. The summed E-state index contributed by atoms with van der Waals surface area (Å²) in [7, 11) is -1.69. The van der Waals surface area contributed by atoms with E-state index in [0.29, 0.717) is 6.61 Å². The van der Waals surface area contributed by atoms with Gasteiger partial charge in [-0.1, -0.05) is 20.8 Å². The lowest BCUT2D eigenvalue weighted by atomic mass is 10.1. The number of ether oxygens (including phenoxy) is 1. The van der Waals surface area contributed by atoms with Crippen molar-refractivity contribution in [2.45, 2.75) is 63.9 Å². The van der Waals surface area contributed by atoms with Crippen LogP contribution in [0.3, 0.4) is 0 Å². The Morgan fingerprint density at radius 1 is 1.31 bits per heavy atom. The Labute approximate surface area is 101 Å². The molecule has 2 atom stereocenters. The fourth-order valence-corrected chi connectivity index (χ4v) is 3.03. The third-order valence-electron chi connectivity index (χ3n) is 3.82. The van der Waals surface area contributed by atoms with Crippen LogP contribution in [0.15, 0.2) is 0 Å². The summed E-state index contributed by atoms with van der Waals surface area (Å²) in [4.78, 5) is 0. The van der Waals surface area contributed by atoms with Crippen molar-refractivity contribution < 1.29 is 9.16 Å². The Balaban J connectivity index is 2.64. The maximum Gasteiger partial charge on any atom is 0.192 e. The van der Waals surface area contributed by atoms with Gasteiger partial charge in [0.2, 0.25) is 0 Å². The van der Waals surface area contributed by atoms with Crippen molar-refractivity contribution in [3.63, 3.8) is 0 Å². The molecular weight excluding hydrogens is 218 g/mol. The molecule has 16 heavy (non-hydrogen) atoms. The lowest BCUT2D eigenvalue weighted by molar-refractivity contribution is 0.101. The standard InChI is InChI=1S/C12H27NO2Si/c1-12(2,3)16(4,5)15-11-7-6-8-14-9-10(11)13/h10-11H,6-9,13H2,1-5H3/t10-,11-/m1/s1. The summed E-state index contributed by atoms with van der Waals surface area (Å²) in [6.07, 6.45) is 2.28. The van der Waals surface area contributed by atoms with E-state index in [-0.39, 0.29) is 17.2 Å². The highest BCUT2D eigenvalue weighted by molar-refractivity contribution is 6.74. The molecule has 0 unspecified atom stereocenters. The molecule has 0 aromatic carbocycles. The van der Waals surface area contributed by atoms with E-state index in [1.807, 2.05) is 0 Å². The van der Waals surface area contributed by atoms with Gasteiger partial charge in [0.1, 0.15) is 0 Å². The van der Waals surface area contributed by atoms with Crippen LogP contribution in [0.1, 0.15) is 33.6 Å². The Kier molecular flexibility index (Phi) is 4.57. The zero-order chi connectivity index (χ0) is 12.4. The summed E-state index contributed by atoms with van der Waals surface area (Å²) in [6, 6.07) is 0.0385. The van der Waals surface area contributed by atoms with Crippen molar-refractivity contribution >= 4 is 8.32 Å². The minimum Gasteiger partial charge on any atom is -0.412 e. The van der Waals surface area contributed by atoms with Gasteiger partial charge in [-0.25, -0.2) is 0 Å². The van der Waals surface area contributed by atoms with E-state index in [0.717, 1.165) is 19.4 Å². The van der Waals surface area contributed by atoms with Gasteiger partial charge in [0, 0.05) is 6.61 Å². The molecule has 0 bridgehead atoms. The fourth-order valence-electron chi connectivity index (χ4n) is 1.63. The molecule has 1 aliphatic rings. The highest BCUT2D eigenvalue weighted by Gasteiger charge is 2.40. The molecule has 1 fully saturated rings. The lowest BCUT2D eigenvalue weighted by Gasteiger charge is -2.40. The number of rotatable bonds is 2. The Hall–Kier alpha value is 0.0969. The van der Waals surface area contributed by atoms with Gasteiger partial charge in [-0.05, 0) is 31.0 Å².